The number of benzene rings is 1. The van der Waals surface area contributed by atoms with Crippen LogP contribution in [0.2, 0.25) is 0 Å². The van der Waals surface area contributed by atoms with Gasteiger partial charge in [-0.1, -0.05) is 6.07 Å². The first-order chi connectivity index (χ1) is 8.25. The molecule has 0 bridgehead atoms. The average Bonchev–Trinajstić information content (AvgIpc) is 2.27. The quantitative estimate of drug-likeness (QED) is 0.848. The van der Waals surface area contributed by atoms with E-state index in [9.17, 15) is 17.6 Å². The maximum atomic E-state index is 13.1. The van der Waals surface area contributed by atoms with Crippen LogP contribution < -0.4 is 5.73 Å². The SMILES string of the molecule is COC(C)CC(N)c1ccc(F)c(C(F)(F)F)c1. The smallest absolute Gasteiger partial charge is 0.382 e. The minimum Gasteiger partial charge on any atom is -0.382 e. The predicted octanol–water partition coefficient (Wildman–Crippen LogP) is 3.27. The summed E-state index contributed by atoms with van der Waals surface area (Å²) in [6.07, 6.45) is -4.54. The largest absolute Gasteiger partial charge is 0.419 e. The first kappa shape index (κ1) is 14.9. The van der Waals surface area contributed by atoms with E-state index >= 15 is 0 Å². The molecule has 0 radical (unpaired) electrons. The lowest BCUT2D eigenvalue weighted by atomic mass is 9.99. The fourth-order valence-corrected chi connectivity index (χ4v) is 1.58. The van der Waals surface area contributed by atoms with Crippen molar-refractivity contribution in [2.24, 2.45) is 5.73 Å². The van der Waals surface area contributed by atoms with E-state index in [1.807, 2.05) is 0 Å². The highest BCUT2D eigenvalue weighted by molar-refractivity contribution is 5.29. The van der Waals surface area contributed by atoms with Crippen LogP contribution in [0.15, 0.2) is 18.2 Å². The molecule has 0 amide bonds. The lowest BCUT2D eigenvalue weighted by Gasteiger charge is -2.18. The second kappa shape index (κ2) is 5.67. The highest BCUT2D eigenvalue weighted by Gasteiger charge is 2.34. The Morgan fingerprint density at radius 1 is 1.33 bits per heavy atom. The Morgan fingerprint density at radius 2 is 1.94 bits per heavy atom. The summed E-state index contributed by atoms with van der Waals surface area (Å²) < 4.78 is 55.6. The van der Waals surface area contributed by atoms with Crippen LogP contribution >= 0.6 is 0 Å². The van der Waals surface area contributed by atoms with Crippen LogP contribution in [0.3, 0.4) is 0 Å². The molecule has 0 heterocycles. The van der Waals surface area contributed by atoms with Gasteiger partial charge in [-0.25, -0.2) is 4.39 Å². The molecule has 0 spiro atoms. The van der Waals surface area contributed by atoms with Crippen LogP contribution in [-0.4, -0.2) is 13.2 Å². The maximum Gasteiger partial charge on any atom is 0.419 e. The molecular formula is C12H15F4NO. The Hall–Kier alpha value is -1.14. The lowest BCUT2D eigenvalue weighted by Crippen LogP contribution is -2.19. The minimum absolute atomic E-state index is 0.181. The first-order valence-corrected chi connectivity index (χ1v) is 5.40. The zero-order valence-corrected chi connectivity index (χ0v) is 10.1. The van der Waals surface area contributed by atoms with Crippen molar-refractivity contribution >= 4 is 0 Å². The number of methoxy groups -OCH3 is 1. The van der Waals surface area contributed by atoms with Gasteiger partial charge in [-0.15, -0.1) is 0 Å². The topological polar surface area (TPSA) is 35.2 Å². The van der Waals surface area contributed by atoms with Crippen LogP contribution in [0.25, 0.3) is 0 Å². The summed E-state index contributed by atoms with van der Waals surface area (Å²) >= 11 is 0. The van der Waals surface area contributed by atoms with Crippen molar-refractivity contribution in [3.05, 3.63) is 35.1 Å². The van der Waals surface area contributed by atoms with Crippen molar-refractivity contribution in [2.45, 2.75) is 31.7 Å². The second-order valence-corrected chi connectivity index (χ2v) is 4.13. The molecule has 0 aliphatic carbocycles. The normalized spacial score (nSPS) is 15.5. The van der Waals surface area contributed by atoms with Gasteiger partial charge in [-0.05, 0) is 31.0 Å². The van der Waals surface area contributed by atoms with E-state index in [1.165, 1.54) is 13.2 Å². The van der Waals surface area contributed by atoms with Gasteiger partial charge < -0.3 is 10.5 Å². The van der Waals surface area contributed by atoms with Crippen molar-refractivity contribution < 1.29 is 22.3 Å². The minimum atomic E-state index is -4.72. The van der Waals surface area contributed by atoms with Crippen LogP contribution in [0.4, 0.5) is 17.6 Å². The summed E-state index contributed by atoms with van der Waals surface area (Å²) in [6.45, 7) is 1.76. The molecule has 1 aromatic carbocycles. The average molecular weight is 265 g/mol. The van der Waals surface area contributed by atoms with E-state index < -0.39 is 23.6 Å². The van der Waals surface area contributed by atoms with Gasteiger partial charge in [-0.2, -0.15) is 13.2 Å². The molecule has 6 heteroatoms. The van der Waals surface area contributed by atoms with E-state index in [2.05, 4.69) is 0 Å². The van der Waals surface area contributed by atoms with E-state index in [1.54, 1.807) is 6.92 Å². The highest BCUT2D eigenvalue weighted by atomic mass is 19.4. The fourth-order valence-electron chi connectivity index (χ4n) is 1.58. The molecule has 0 aliphatic rings. The molecule has 102 valence electrons. The van der Waals surface area contributed by atoms with E-state index in [-0.39, 0.29) is 11.7 Å². The molecule has 2 atom stereocenters. The third kappa shape index (κ3) is 3.68. The highest BCUT2D eigenvalue weighted by Crippen LogP contribution is 2.33. The van der Waals surface area contributed by atoms with E-state index in [0.29, 0.717) is 6.42 Å². The summed E-state index contributed by atoms with van der Waals surface area (Å²) in [7, 11) is 1.49. The molecule has 0 saturated carbocycles. The molecule has 2 nitrogen and oxygen atoms in total. The summed E-state index contributed by atoms with van der Waals surface area (Å²) in [4.78, 5) is 0. The predicted molar refractivity (Wildman–Crippen MR) is 59.4 cm³/mol. The van der Waals surface area contributed by atoms with Gasteiger partial charge in [-0.3, -0.25) is 0 Å². The zero-order chi connectivity index (χ0) is 13.9. The Kier molecular flexibility index (Phi) is 4.70. The summed E-state index contributed by atoms with van der Waals surface area (Å²) in [6, 6.07) is 2.18. The number of hydrogen-bond acceptors (Lipinski definition) is 2. The van der Waals surface area contributed by atoms with Gasteiger partial charge >= 0.3 is 6.18 Å². The van der Waals surface area contributed by atoms with Crippen molar-refractivity contribution in [1.82, 2.24) is 0 Å². The third-order valence-corrected chi connectivity index (χ3v) is 2.71. The first-order valence-electron chi connectivity index (χ1n) is 5.40. The molecular weight excluding hydrogens is 250 g/mol. The molecule has 2 N–H and O–H groups in total. The summed E-state index contributed by atoms with van der Waals surface area (Å²) in [5.41, 5.74) is 4.72. The van der Waals surface area contributed by atoms with E-state index in [4.69, 9.17) is 10.5 Å². The molecule has 0 aliphatic heterocycles. The van der Waals surface area contributed by atoms with Crippen LogP contribution in [0, 0.1) is 5.82 Å². The number of hydrogen-bond donors (Lipinski definition) is 1. The molecule has 18 heavy (non-hydrogen) atoms. The molecule has 1 rings (SSSR count). The van der Waals surface area contributed by atoms with Crippen molar-refractivity contribution in [3.63, 3.8) is 0 Å². The van der Waals surface area contributed by atoms with E-state index in [0.717, 1.165) is 12.1 Å². The van der Waals surface area contributed by atoms with Gasteiger partial charge in [0.05, 0.1) is 11.7 Å². The summed E-state index contributed by atoms with van der Waals surface area (Å²) in [5, 5.41) is 0. The van der Waals surface area contributed by atoms with Gasteiger partial charge in [0.15, 0.2) is 0 Å². The zero-order valence-electron chi connectivity index (χ0n) is 10.1. The molecule has 0 saturated heterocycles. The van der Waals surface area contributed by atoms with Gasteiger partial charge in [0.2, 0.25) is 0 Å². The monoisotopic (exact) mass is 265 g/mol. The van der Waals surface area contributed by atoms with Gasteiger partial charge in [0.1, 0.15) is 5.82 Å². The van der Waals surface area contributed by atoms with Crippen molar-refractivity contribution in [1.29, 1.82) is 0 Å². The van der Waals surface area contributed by atoms with Crippen LogP contribution in [-0.2, 0) is 10.9 Å². The summed E-state index contributed by atoms with van der Waals surface area (Å²) in [5.74, 6) is -1.29. The Labute approximate surface area is 103 Å². The number of rotatable bonds is 4. The standard InChI is InChI=1S/C12H15F4NO/c1-7(18-2)5-11(17)8-3-4-10(13)9(6-8)12(14,15)16/h3-4,6-7,11H,5,17H2,1-2H3. The maximum absolute atomic E-state index is 13.1. The number of nitrogens with two attached hydrogens (primary N) is 1. The molecule has 1 aromatic rings. The number of ether oxygens (including phenoxy) is 1. The van der Waals surface area contributed by atoms with Crippen LogP contribution in [0.1, 0.15) is 30.5 Å². The van der Waals surface area contributed by atoms with Crippen molar-refractivity contribution in [2.75, 3.05) is 7.11 Å². The fraction of sp³-hybridized carbons (Fsp3) is 0.500. The van der Waals surface area contributed by atoms with Gasteiger partial charge in [0.25, 0.3) is 0 Å². The van der Waals surface area contributed by atoms with Gasteiger partial charge in [0, 0.05) is 13.2 Å². The molecule has 2 unspecified atom stereocenters. The van der Waals surface area contributed by atoms with Crippen molar-refractivity contribution in [3.8, 4) is 0 Å². The molecule has 0 aromatic heterocycles. The Morgan fingerprint density at radius 3 is 2.44 bits per heavy atom. The lowest BCUT2D eigenvalue weighted by molar-refractivity contribution is -0.140. The number of alkyl halides is 3. The Bertz CT molecular complexity index is 406. The third-order valence-electron chi connectivity index (χ3n) is 2.71. The second-order valence-electron chi connectivity index (χ2n) is 4.13. The number of halogens is 4. The molecule has 0 fully saturated rings. The van der Waals surface area contributed by atoms with Crippen LogP contribution in [0.5, 0.6) is 0 Å². The Balaban J connectivity index is 2.98.